The summed E-state index contributed by atoms with van der Waals surface area (Å²) in [6, 6.07) is 0. The van der Waals surface area contributed by atoms with Crippen LogP contribution in [0.15, 0.2) is 0 Å². The number of unbranched alkanes of at least 4 members (excludes halogenated alkanes) is 4. The number of piperidine rings is 1. The quantitative estimate of drug-likeness (QED) is 0.246. The van der Waals surface area contributed by atoms with Gasteiger partial charge in [-0.3, -0.25) is 0 Å². The molecule has 1 rings (SSSR count). The molecule has 0 aliphatic carbocycles. The van der Waals surface area contributed by atoms with Crippen LogP contribution in [0.25, 0.3) is 0 Å². The van der Waals surface area contributed by atoms with Crippen LogP contribution in [-0.2, 0) is 9.47 Å². The van der Waals surface area contributed by atoms with Gasteiger partial charge in [-0.25, -0.2) is 0 Å². The average molecular weight is 478 g/mol. The van der Waals surface area contributed by atoms with Gasteiger partial charge in [-0.1, -0.05) is 101 Å². The zero-order valence-electron chi connectivity index (χ0n) is 25.9. The molecule has 0 spiro atoms. The molecule has 1 aliphatic rings. The Kier molecular flexibility index (Phi) is 64.0. The van der Waals surface area contributed by atoms with Crippen molar-refractivity contribution in [1.82, 2.24) is 4.90 Å². The molecule has 1 fully saturated rings. The highest BCUT2D eigenvalue weighted by Crippen LogP contribution is 2.21. The molecule has 1 heterocycles. The largest absolute Gasteiger partial charge is 0.382 e. The van der Waals surface area contributed by atoms with E-state index in [-0.39, 0.29) is 0 Å². The molecule has 3 heteroatoms. The Morgan fingerprint density at radius 3 is 1.33 bits per heavy atom. The van der Waals surface area contributed by atoms with Crippen LogP contribution in [0.5, 0.6) is 0 Å². The summed E-state index contributed by atoms with van der Waals surface area (Å²) in [5, 5.41) is 0. The maximum Gasteiger partial charge on any atom is 0.0466 e. The smallest absolute Gasteiger partial charge is 0.0466 e. The number of hydrogen-bond donors (Lipinski definition) is 0. The Morgan fingerprint density at radius 2 is 0.939 bits per heavy atom. The summed E-state index contributed by atoms with van der Waals surface area (Å²) in [7, 11) is 2.24. The lowest BCUT2D eigenvalue weighted by atomic mass is 9.91. The Labute approximate surface area is 213 Å². The molecule has 0 bridgehead atoms. The summed E-state index contributed by atoms with van der Waals surface area (Å²) in [6.07, 6.45) is 14.3. The normalized spacial score (nSPS) is 12.7. The van der Waals surface area contributed by atoms with Crippen molar-refractivity contribution in [2.75, 3.05) is 46.6 Å². The van der Waals surface area contributed by atoms with Crippen molar-refractivity contribution in [1.29, 1.82) is 0 Å². The van der Waals surface area contributed by atoms with Gasteiger partial charge in [0.25, 0.3) is 0 Å². The summed E-state index contributed by atoms with van der Waals surface area (Å²) in [6.45, 7) is 28.8. The van der Waals surface area contributed by atoms with E-state index in [1.54, 1.807) is 0 Å². The minimum absolute atomic E-state index is 0.841. The molecule has 0 amide bonds. The highest BCUT2D eigenvalue weighted by atomic mass is 16.5. The first-order chi connectivity index (χ1) is 16.2. The monoisotopic (exact) mass is 478 g/mol. The molecule has 0 aromatic rings. The first kappa shape index (κ1) is 43.0. The minimum atomic E-state index is 0.841. The molecule has 208 valence electrons. The molecule has 0 aromatic heterocycles. The van der Waals surface area contributed by atoms with Crippen LogP contribution >= 0.6 is 0 Å². The molecule has 0 saturated carbocycles. The molecular weight excluding hydrogens is 406 g/mol. The van der Waals surface area contributed by atoms with Gasteiger partial charge in [-0.2, -0.15) is 0 Å². The lowest BCUT2D eigenvalue weighted by Gasteiger charge is -2.28. The zero-order chi connectivity index (χ0) is 26.6. The third-order valence-electron chi connectivity index (χ3n) is 4.52. The Hall–Kier alpha value is -0.120. The van der Waals surface area contributed by atoms with Crippen LogP contribution in [0.3, 0.4) is 0 Å². The van der Waals surface area contributed by atoms with E-state index in [0.29, 0.717) is 0 Å². The van der Waals surface area contributed by atoms with E-state index < -0.39 is 0 Å². The van der Waals surface area contributed by atoms with E-state index in [0.717, 1.165) is 32.3 Å². The van der Waals surface area contributed by atoms with E-state index in [1.165, 1.54) is 83.7 Å². The zero-order valence-corrected chi connectivity index (χ0v) is 25.9. The predicted molar refractivity (Wildman–Crippen MR) is 156 cm³/mol. The van der Waals surface area contributed by atoms with Crippen LogP contribution in [0.4, 0.5) is 0 Å². The molecular formula is C30H71NO2. The fraction of sp³-hybridized carbons (Fsp3) is 1.00. The summed E-state index contributed by atoms with van der Waals surface area (Å²) >= 11 is 0. The van der Waals surface area contributed by atoms with Crippen LogP contribution < -0.4 is 0 Å². The maximum atomic E-state index is 5.70. The lowest BCUT2D eigenvalue weighted by molar-refractivity contribution is 0.116. The van der Waals surface area contributed by atoms with Crippen LogP contribution in [0.1, 0.15) is 147 Å². The van der Waals surface area contributed by atoms with Gasteiger partial charge in [0.2, 0.25) is 0 Å². The van der Waals surface area contributed by atoms with Gasteiger partial charge in [0, 0.05) is 26.4 Å². The second-order valence-corrected chi connectivity index (χ2v) is 7.88. The van der Waals surface area contributed by atoms with E-state index in [4.69, 9.17) is 9.47 Å². The van der Waals surface area contributed by atoms with Crippen molar-refractivity contribution in [3.05, 3.63) is 0 Å². The average Bonchev–Trinajstić information content (AvgIpc) is 2.86. The van der Waals surface area contributed by atoms with Gasteiger partial charge < -0.3 is 14.4 Å². The van der Waals surface area contributed by atoms with Gasteiger partial charge in [-0.15, -0.1) is 0 Å². The minimum Gasteiger partial charge on any atom is -0.382 e. The van der Waals surface area contributed by atoms with Gasteiger partial charge in [0.1, 0.15) is 0 Å². The van der Waals surface area contributed by atoms with Gasteiger partial charge in [-0.05, 0) is 71.5 Å². The SMILES string of the molecule is CC.CC.CC.CCC.CCC.CCOCCCCCOCCCCCC1CCN(C)CC1. The second-order valence-electron chi connectivity index (χ2n) is 7.88. The van der Waals surface area contributed by atoms with Gasteiger partial charge in [0.15, 0.2) is 0 Å². The predicted octanol–water partition coefficient (Wildman–Crippen LogP) is 10.0. The Balaban J connectivity index is -0.000000185. The third-order valence-corrected chi connectivity index (χ3v) is 4.52. The van der Waals surface area contributed by atoms with Crippen molar-refractivity contribution in [3.8, 4) is 0 Å². The summed E-state index contributed by atoms with van der Waals surface area (Å²) in [4.78, 5) is 2.46. The Bertz CT molecular complexity index is 239. The molecule has 1 saturated heterocycles. The molecule has 33 heavy (non-hydrogen) atoms. The van der Waals surface area contributed by atoms with Gasteiger partial charge in [0.05, 0.1) is 0 Å². The summed E-state index contributed by atoms with van der Waals surface area (Å²) in [5.41, 5.74) is 0. The van der Waals surface area contributed by atoms with Crippen LogP contribution in [-0.4, -0.2) is 51.5 Å². The molecule has 1 aliphatic heterocycles. The lowest BCUT2D eigenvalue weighted by Crippen LogP contribution is -2.30. The Morgan fingerprint density at radius 1 is 0.576 bits per heavy atom. The van der Waals surface area contributed by atoms with E-state index in [9.17, 15) is 0 Å². The van der Waals surface area contributed by atoms with E-state index >= 15 is 0 Å². The number of likely N-dealkylation sites (tertiary alicyclic amines) is 1. The topological polar surface area (TPSA) is 21.7 Å². The number of nitrogens with zero attached hydrogens (tertiary/aromatic N) is 1. The molecule has 0 radical (unpaired) electrons. The fourth-order valence-electron chi connectivity index (χ4n) is 3.00. The van der Waals surface area contributed by atoms with Crippen LogP contribution in [0.2, 0.25) is 0 Å². The first-order valence-electron chi connectivity index (χ1n) is 15.0. The first-order valence-corrected chi connectivity index (χ1v) is 15.0. The van der Waals surface area contributed by atoms with Crippen molar-refractivity contribution in [2.45, 2.75) is 147 Å². The molecule has 0 aromatic carbocycles. The number of hydrogen-bond acceptors (Lipinski definition) is 3. The maximum absolute atomic E-state index is 5.70. The molecule has 0 unspecified atom stereocenters. The number of ether oxygens (including phenoxy) is 2. The van der Waals surface area contributed by atoms with Crippen molar-refractivity contribution >= 4 is 0 Å². The standard InChI is InChI=1S/C18H37NO2.2C3H8.3C2H6/c1-3-20-15-8-5-9-17-21-16-7-4-6-10-18-11-13-19(2)14-12-18;2*1-3-2;3*1-2/h18H,3-17H2,1-2H3;2*3H2,1-2H3;3*1-2H3. The molecule has 0 atom stereocenters. The van der Waals surface area contributed by atoms with E-state index in [1.807, 2.05) is 41.5 Å². The molecule has 0 N–H and O–H groups in total. The van der Waals surface area contributed by atoms with Crippen molar-refractivity contribution < 1.29 is 9.47 Å². The summed E-state index contributed by atoms with van der Waals surface area (Å²) in [5.74, 6) is 0.993. The van der Waals surface area contributed by atoms with E-state index in [2.05, 4.69) is 46.6 Å². The second kappa shape index (κ2) is 49.1. The van der Waals surface area contributed by atoms with Crippen molar-refractivity contribution in [3.63, 3.8) is 0 Å². The number of rotatable bonds is 13. The van der Waals surface area contributed by atoms with Gasteiger partial charge >= 0.3 is 0 Å². The fourth-order valence-corrected chi connectivity index (χ4v) is 3.00. The third kappa shape index (κ3) is 49.9. The van der Waals surface area contributed by atoms with Crippen LogP contribution in [0, 0.1) is 5.92 Å². The highest BCUT2D eigenvalue weighted by Gasteiger charge is 2.15. The highest BCUT2D eigenvalue weighted by molar-refractivity contribution is 4.69. The molecule has 3 nitrogen and oxygen atoms in total. The summed E-state index contributed by atoms with van der Waals surface area (Å²) < 4.78 is 11.0. The van der Waals surface area contributed by atoms with Crippen molar-refractivity contribution in [2.24, 2.45) is 5.92 Å².